The molecule has 0 amide bonds. The molecule has 0 saturated carbocycles. The molecule has 32 heavy (non-hydrogen) atoms. The van der Waals surface area contributed by atoms with Crippen LogP contribution in [0.1, 0.15) is 12.1 Å². The number of hydrogen-bond donors (Lipinski definition) is 1. The molecular formula is C22H16F4N2O3S. The molecule has 0 saturated heterocycles. The molecule has 0 radical (unpaired) electrons. The number of terminal acetylenes is 1. The Morgan fingerprint density at radius 2 is 1.62 bits per heavy atom. The summed E-state index contributed by atoms with van der Waals surface area (Å²) in [5.74, 6) is 1.38. The Labute approximate surface area is 181 Å². The van der Waals surface area contributed by atoms with Crippen LogP contribution < -0.4 is 9.88 Å². The number of hydrogen-bond acceptors (Lipinski definition) is 4. The van der Waals surface area contributed by atoms with Gasteiger partial charge in [-0.3, -0.25) is 0 Å². The molecular weight excluding hydrogens is 448 g/mol. The summed E-state index contributed by atoms with van der Waals surface area (Å²) in [5.41, 5.74) is -1.20. The van der Waals surface area contributed by atoms with Crippen LogP contribution in [0.5, 0.6) is 5.88 Å². The average Bonchev–Trinajstić information content (AvgIpc) is 2.73. The van der Waals surface area contributed by atoms with E-state index in [-0.39, 0.29) is 46.1 Å². The zero-order chi connectivity index (χ0) is 23.5. The molecule has 0 atom stereocenters. The van der Waals surface area contributed by atoms with Gasteiger partial charge in [0, 0.05) is 18.1 Å². The zero-order valence-electron chi connectivity index (χ0n) is 16.4. The van der Waals surface area contributed by atoms with Crippen molar-refractivity contribution in [3.05, 3.63) is 66.1 Å². The second-order valence-electron chi connectivity index (χ2n) is 6.61. The van der Waals surface area contributed by atoms with Crippen molar-refractivity contribution in [2.75, 3.05) is 6.61 Å². The lowest BCUT2D eigenvalue weighted by atomic mass is 9.93. The molecule has 2 aromatic carbocycles. The van der Waals surface area contributed by atoms with Crippen LogP contribution >= 0.6 is 0 Å². The summed E-state index contributed by atoms with van der Waals surface area (Å²) in [5, 5.41) is 5.10. The van der Waals surface area contributed by atoms with E-state index in [2.05, 4.69) is 10.9 Å². The summed E-state index contributed by atoms with van der Waals surface area (Å²) in [7, 11) is -4.00. The number of benzene rings is 2. The van der Waals surface area contributed by atoms with Gasteiger partial charge < -0.3 is 4.74 Å². The van der Waals surface area contributed by atoms with Gasteiger partial charge in [0.1, 0.15) is 12.4 Å². The van der Waals surface area contributed by atoms with Gasteiger partial charge in [-0.25, -0.2) is 22.9 Å². The highest BCUT2D eigenvalue weighted by atomic mass is 32.2. The first-order chi connectivity index (χ1) is 15.0. The smallest absolute Gasteiger partial charge is 0.434 e. The Morgan fingerprint density at radius 3 is 2.16 bits per heavy atom. The maximum atomic E-state index is 14.0. The van der Waals surface area contributed by atoms with Gasteiger partial charge >= 0.3 is 6.18 Å². The molecule has 10 heteroatoms. The fourth-order valence-corrected chi connectivity index (χ4v) is 3.49. The van der Waals surface area contributed by atoms with E-state index < -0.39 is 27.7 Å². The lowest BCUT2D eigenvalue weighted by Crippen LogP contribution is -2.13. The SMILES string of the molecule is C#CCCOc1cc(-c2ccc(S(N)(=O)=O)cc2)c(-c2ccc(F)cc2)c(C(F)(F)F)n1. The van der Waals surface area contributed by atoms with E-state index in [9.17, 15) is 26.0 Å². The van der Waals surface area contributed by atoms with Gasteiger partial charge in [0.2, 0.25) is 15.9 Å². The number of ether oxygens (including phenoxy) is 1. The van der Waals surface area contributed by atoms with Crippen molar-refractivity contribution in [2.45, 2.75) is 17.5 Å². The van der Waals surface area contributed by atoms with Crippen LogP contribution in [0.15, 0.2) is 59.5 Å². The molecule has 3 rings (SSSR count). The van der Waals surface area contributed by atoms with E-state index >= 15 is 0 Å². The third kappa shape index (κ3) is 5.25. The van der Waals surface area contributed by atoms with Crippen LogP contribution in [0, 0.1) is 18.2 Å². The average molecular weight is 464 g/mol. The van der Waals surface area contributed by atoms with Crippen molar-refractivity contribution < 1.29 is 30.7 Å². The number of halogens is 4. The quantitative estimate of drug-likeness (QED) is 0.328. The highest BCUT2D eigenvalue weighted by Gasteiger charge is 2.38. The standard InChI is InChI=1S/C22H16F4N2O3S/c1-2-3-12-31-19-13-18(14-6-10-17(11-7-14)32(27,29)30)20(21(28-19)22(24,25)26)15-4-8-16(23)9-5-15/h1,4-11,13H,3,12H2,(H2,27,29,30). The number of sulfonamides is 1. The van der Waals surface area contributed by atoms with Crippen molar-refractivity contribution in [2.24, 2.45) is 5.14 Å². The highest BCUT2D eigenvalue weighted by molar-refractivity contribution is 7.89. The largest absolute Gasteiger partial charge is 0.477 e. The van der Waals surface area contributed by atoms with Crippen LogP contribution in [0.3, 0.4) is 0 Å². The number of primary sulfonamides is 1. The molecule has 2 N–H and O–H groups in total. The van der Waals surface area contributed by atoms with Gasteiger partial charge in [0.25, 0.3) is 0 Å². The molecule has 0 aliphatic rings. The minimum absolute atomic E-state index is 0.0515. The van der Waals surface area contributed by atoms with Gasteiger partial charge in [0.05, 0.1) is 4.90 Å². The number of alkyl halides is 3. The van der Waals surface area contributed by atoms with Crippen molar-refractivity contribution in [1.29, 1.82) is 0 Å². The van der Waals surface area contributed by atoms with Gasteiger partial charge in [-0.2, -0.15) is 13.2 Å². The first kappa shape index (κ1) is 23.2. The van der Waals surface area contributed by atoms with Crippen LogP contribution in [-0.2, 0) is 16.2 Å². The second-order valence-corrected chi connectivity index (χ2v) is 8.17. The van der Waals surface area contributed by atoms with Crippen LogP contribution in [-0.4, -0.2) is 20.0 Å². The van der Waals surface area contributed by atoms with E-state index in [0.717, 1.165) is 12.1 Å². The van der Waals surface area contributed by atoms with Crippen molar-refractivity contribution in [3.63, 3.8) is 0 Å². The maximum absolute atomic E-state index is 14.0. The van der Waals surface area contributed by atoms with E-state index in [4.69, 9.17) is 16.3 Å². The molecule has 0 spiro atoms. The van der Waals surface area contributed by atoms with Gasteiger partial charge in [-0.15, -0.1) is 12.3 Å². The molecule has 1 heterocycles. The summed E-state index contributed by atoms with van der Waals surface area (Å²) in [6, 6.07) is 10.7. The first-order valence-corrected chi connectivity index (χ1v) is 10.6. The van der Waals surface area contributed by atoms with Crippen molar-refractivity contribution in [3.8, 4) is 40.5 Å². The molecule has 0 aliphatic carbocycles. The normalized spacial score (nSPS) is 11.8. The van der Waals surface area contributed by atoms with Crippen molar-refractivity contribution in [1.82, 2.24) is 4.98 Å². The molecule has 0 bridgehead atoms. The highest BCUT2D eigenvalue weighted by Crippen LogP contribution is 2.43. The minimum atomic E-state index is -4.87. The molecule has 166 valence electrons. The number of pyridine rings is 1. The molecule has 1 aromatic heterocycles. The topological polar surface area (TPSA) is 82.3 Å². The van der Waals surface area contributed by atoms with E-state index in [1.165, 1.54) is 42.5 Å². The summed E-state index contributed by atoms with van der Waals surface area (Å²) >= 11 is 0. The molecule has 0 unspecified atom stereocenters. The van der Waals surface area contributed by atoms with Crippen LogP contribution in [0.25, 0.3) is 22.3 Å². The second kappa shape index (κ2) is 8.98. The molecule has 0 fully saturated rings. The number of rotatable bonds is 6. The summed E-state index contributed by atoms with van der Waals surface area (Å²) in [4.78, 5) is 3.42. The third-order valence-electron chi connectivity index (χ3n) is 4.39. The van der Waals surface area contributed by atoms with Gasteiger partial charge in [-0.05, 0) is 41.0 Å². The Kier molecular flexibility index (Phi) is 6.52. The number of nitrogens with two attached hydrogens (primary N) is 1. The Morgan fingerprint density at radius 1 is 1.03 bits per heavy atom. The predicted octanol–water partition coefficient (Wildman–Crippen LogP) is 4.62. The molecule has 3 aromatic rings. The summed E-state index contributed by atoms with van der Waals surface area (Å²) < 4.78 is 83.7. The van der Waals surface area contributed by atoms with Crippen LogP contribution in [0.2, 0.25) is 0 Å². The molecule has 5 nitrogen and oxygen atoms in total. The Hall–Kier alpha value is -3.42. The van der Waals surface area contributed by atoms with E-state index in [1.54, 1.807) is 0 Å². The zero-order valence-corrected chi connectivity index (χ0v) is 17.2. The van der Waals surface area contributed by atoms with E-state index in [0.29, 0.717) is 0 Å². The monoisotopic (exact) mass is 464 g/mol. The lowest BCUT2D eigenvalue weighted by molar-refractivity contribution is -0.140. The number of aromatic nitrogens is 1. The van der Waals surface area contributed by atoms with Gasteiger partial charge in [-0.1, -0.05) is 24.3 Å². The third-order valence-corrected chi connectivity index (χ3v) is 5.32. The number of nitrogens with zero attached hydrogens (tertiary/aromatic N) is 1. The summed E-state index contributed by atoms with van der Waals surface area (Å²) in [6.07, 6.45) is 0.437. The maximum Gasteiger partial charge on any atom is 0.434 e. The predicted molar refractivity (Wildman–Crippen MR) is 110 cm³/mol. The molecule has 0 aliphatic heterocycles. The first-order valence-electron chi connectivity index (χ1n) is 9.08. The fraction of sp³-hybridized carbons (Fsp3) is 0.136. The fourth-order valence-electron chi connectivity index (χ4n) is 2.98. The van der Waals surface area contributed by atoms with E-state index in [1.807, 2.05) is 0 Å². The Balaban J connectivity index is 2.29. The van der Waals surface area contributed by atoms with Gasteiger partial charge in [0.15, 0.2) is 5.69 Å². The van der Waals surface area contributed by atoms with Crippen molar-refractivity contribution >= 4 is 10.0 Å². The van der Waals surface area contributed by atoms with Crippen LogP contribution in [0.4, 0.5) is 17.6 Å². The Bertz CT molecular complexity index is 1260. The minimum Gasteiger partial charge on any atom is -0.477 e. The lowest BCUT2D eigenvalue weighted by Gasteiger charge is -2.19. The summed E-state index contributed by atoms with van der Waals surface area (Å²) in [6.45, 7) is -0.0551.